The normalized spacial score (nSPS) is 17.1. The summed E-state index contributed by atoms with van der Waals surface area (Å²) < 4.78 is 1.56. The highest BCUT2D eigenvalue weighted by atomic mass is 16.6. The van der Waals surface area contributed by atoms with Crippen LogP contribution in [0.4, 0.5) is 10.5 Å². The molecule has 10 heteroatoms. The third-order valence-corrected chi connectivity index (χ3v) is 7.94. The van der Waals surface area contributed by atoms with E-state index in [0.717, 1.165) is 5.56 Å². The Morgan fingerprint density at radius 3 is 2.16 bits per heavy atom. The van der Waals surface area contributed by atoms with Crippen molar-refractivity contribution in [3.05, 3.63) is 112 Å². The number of carbonyl (C=O) groups excluding carboxylic acids is 1. The van der Waals surface area contributed by atoms with Crippen LogP contribution in [0.15, 0.2) is 91.1 Å². The third-order valence-electron chi connectivity index (χ3n) is 7.94. The number of rotatable bonds is 6. The third kappa shape index (κ3) is 5.81. The Balaban J connectivity index is 1.67. The molecule has 0 spiro atoms. The molecule has 222 valence electrons. The fourth-order valence-corrected chi connectivity index (χ4v) is 6.20. The van der Waals surface area contributed by atoms with Crippen LogP contribution in [0, 0.1) is 15.5 Å². The zero-order valence-corrected chi connectivity index (χ0v) is 24.3. The monoisotopic (exact) mass is 582 g/mol. The average Bonchev–Trinajstić information content (AvgIpc) is 3.42. The largest absolute Gasteiger partial charge is 0.508 e. The minimum absolute atomic E-state index is 0.118. The number of phenolic OH excluding ortho intramolecular Hbond substituents is 1. The van der Waals surface area contributed by atoms with Crippen molar-refractivity contribution in [1.82, 2.24) is 14.4 Å². The van der Waals surface area contributed by atoms with E-state index in [-0.39, 0.29) is 36.1 Å². The molecule has 3 aromatic carbocycles. The fourth-order valence-electron chi connectivity index (χ4n) is 6.20. The van der Waals surface area contributed by atoms with E-state index in [2.05, 4.69) is 0 Å². The number of hydrogen-bond donors (Lipinski definition) is 2. The number of amides is 2. The smallest absolute Gasteiger partial charge is 0.407 e. The van der Waals surface area contributed by atoms with Gasteiger partial charge < -0.3 is 24.6 Å². The van der Waals surface area contributed by atoms with E-state index in [0.29, 0.717) is 23.2 Å². The van der Waals surface area contributed by atoms with Crippen LogP contribution in [0.1, 0.15) is 36.7 Å². The Morgan fingerprint density at radius 1 is 0.930 bits per heavy atom. The maximum atomic E-state index is 14.6. The van der Waals surface area contributed by atoms with Crippen LogP contribution in [-0.4, -0.2) is 66.7 Å². The van der Waals surface area contributed by atoms with Crippen molar-refractivity contribution in [3.8, 4) is 22.7 Å². The Morgan fingerprint density at radius 2 is 1.56 bits per heavy atom. The highest BCUT2D eigenvalue weighted by Crippen LogP contribution is 2.38. The quantitative estimate of drug-likeness (QED) is 0.205. The molecule has 2 amide bonds. The van der Waals surface area contributed by atoms with Crippen molar-refractivity contribution >= 4 is 17.7 Å². The van der Waals surface area contributed by atoms with Crippen LogP contribution >= 0.6 is 0 Å². The number of piperazine rings is 1. The summed E-state index contributed by atoms with van der Waals surface area (Å²) in [5, 5.41) is 32.4. The van der Waals surface area contributed by atoms with Crippen LogP contribution in [-0.2, 0) is 6.42 Å². The number of carboxylic acid groups (broad SMARTS) is 1. The van der Waals surface area contributed by atoms with Crippen LogP contribution in [0.2, 0.25) is 0 Å². The molecule has 2 heterocycles. The van der Waals surface area contributed by atoms with Gasteiger partial charge in [-0.05, 0) is 35.1 Å². The number of carbonyl (C=O) groups is 2. The predicted molar refractivity (Wildman–Crippen MR) is 162 cm³/mol. The van der Waals surface area contributed by atoms with Gasteiger partial charge in [0.15, 0.2) is 0 Å². The Hall–Kier alpha value is -5.12. The molecule has 1 aliphatic heterocycles. The van der Waals surface area contributed by atoms with Crippen molar-refractivity contribution in [1.29, 1.82) is 0 Å². The lowest BCUT2D eigenvalue weighted by molar-refractivity contribution is -0.384. The van der Waals surface area contributed by atoms with E-state index in [4.69, 9.17) is 0 Å². The van der Waals surface area contributed by atoms with Crippen LogP contribution in [0.3, 0.4) is 0 Å². The first-order valence-electron chi connectivity index (χ1n) is 14.1. The minimum atomic E-state index is -1.03. The summed E-state index contributed by atoms with van der Waals surface area (Å²) in [5.74, 6) is -0.456. The number of nitro groups is 1. The van der Waals surface area contributed by atoms with E-state index >= 15 is 0 Å². The predicted octanol–water partition coefficient (Wildman–Crippen LogP) is 6.22. The van der Waals surface area contributed by atoms with E-state index in [1.165, 1.54) is 23.1 Å². The number of aromatic hydroxyl groups is 1. The van der Waals surface area contributed by atoms with Crippen LogP contribution in [0.5, 0.6) is 5.75 Å². The lowest BCUT2D eigenvalue weighted by Crippen LogP contribution is -2.66. The summed E-state index contributed by atoms with van der Waals surface area (Å²) in [6.45, 7) is 6.26. The van der Waals surface area contributed by atoms with Gasteiger partial charge in [0.25, 0.3) is 11.6 Å². The van der Waals surface area contributed by atoms with E-state index in [1.807, 2.05) is 81.4 Å². The first-order valence-corrected chi connectivity index (χ1v) is 14.1. The molecule has 0 saturated carbocycles. The number of hydrogen-bond acceptors (Lipinski definition) is 5. The van der Waals surface area contributed by atoms with Crippen LogP contribution < -0.4 is 0 Å². The van der Waals surface area contributed by atoms with Gasteiger partial charge >= 0.3 is 6.09 Å². The molecule has 0 aliphatic carbocycles. The van der Waals surface area contributed by atoms with Gasteiger partial charge in [-0.1, -0.05) is 81.4 Å². The zero-order chi connectivity index (χ0) is 30.9. The average molecular weight is 583 g/mol. The van der Waals surface area contributed by atoms with Gasteiger partial charge in [0.05, 0.1) is 28.3 Å². The zero-order valence-electron chi connectivity index (χ0n) is 24.3. The summed E-state index contributed by atoms with van der Waals surface area (Å²) in [6, 6.07) is 23.2. The number of nitrogens with zero attached hydrogens (tertiary/aromatic N) is 4. The summed E-state index contributed by atoms with van der Waals surface area (Å²) in [7, 11) is 0. The Bertz CT molecular complexity index is 1650. The Kier molecular flexibility index (Phi) is 7.95. The van der Waals surface area contributed by atoms with Gasteiger partial charge in [-0.25, -0.2) is 4.79 Å². The van der Waals surface area contributed by atoms with Crippen LogP contribution in [0.25, 0.3) is 16.9 Å². The highest BCUT2D eigenvalue weighted by Gasteiger charge is 2.47. The standard InChI is InChI=1S/C33H34N4O6/c1-33(2,3)30-28(20-22-10-6-4-7-11-22)35(18-19-36(30)32(40)41)31(39)25-16-17-34(29(25)23-12-8-5-9-13-23)27-21-24(38)14-15-26(27)37(42)43/h4-17,21,28,30,38H,18-20H2,1-3H3,(H,40,41)/t28-,30?/m1/s1. The van der Waals surface area contributed by atoms with Crippen molar-refractivity contribution in [3.63, 3.8) is 0 Å². The van der Waals surface area contributed by atoms with Crippen molar-refractivity contribution in [2.75, 3.05) is 13.1 Å². The summed E-state index contributed by atoms with van der Waals surface area (Å²) in [5.41, 5.74) is 1.78. The lowest BCUT2D eigenvalue weighted by atomic mass is 9.77. The van der Waals surface area contributed by atoms with Crippen molar-refractivity contribution < 1.29 is 24.7 Å². The molecule has 1 saturated heterocycles. The van der Waals surface area contributed by atoms with E-state index < -0.39 is 28.5 Å². The molecule has 0 radical (unpaired) electrons. The molecule has 2 atom stereocenters. The van der Waals surface area contributed by atoms with Gasteiger partial charge in [-0.2, -0.15) is 0 Å². The number of aromatic nitrogens is 1. The van der Waals surface area contributed by atoms with E-state index in [9.17, 15) is 29.9 Å². The number of phenols is 1. The first-order chi connectivity index (χ1) is 20.5. The first kappa shape index (κ1) is 29.4. The highest BCUT2D eigenvalue weighted by molar-refractivity contribution is 6.01. The second-order valence-corrected chi connectivity index (χ2v) is 11.8. The molecule has 1 fully saturated rings. The molecule has 4 aromatic rings. The van der Waals surface area contributed by atoms with Crippen molar-refractivity contribution in [2.45, 2.75) is 39.3 Å². The molecule has 5 rings (SSSR count). The summed E-state index contributed by atoms with van der Waals surface area (Å²) in [6.07, 6.45) is 1.01. The van der Waals surface area contributed by atoms with Crippen molar-refractivity contribution in [2.24, 2.45) is 5.41 Å². The molecule has 1 unspecified atom stereocenters. The number of benzene rings is 3. The molecular weight excluding hydrogens is 548 g/mol. The fraction of sp³-hybridized carbons (Fsp3) is 0.273. The molecule has 1 aliphatic rings. The van der Waals surface area contributed by atoms with Gasteiger partial charge in [-0.15, -0.1) is 0 Å². The summed E-state index contributed by atoms with van der Waals surface area (Å²) >= 11 is 0. The topological polar surface area (TPSA) is 129 Å². The van der Waals surface area contributed by atoms with Gasteiger partial charge in [0.2, 0.25) is 0 Å². The molecule has 1 aromatic heterocycles. The van der Waals surface area contributed by atoms with Gasteiger partial charge in [0.1, 0.15) is 11.4 Å². The second kappa shape index (κ2) is 11.6. The van der Waals surface area contributed by atoms with Gasteiger partial charge in [0, 0.05) is 31.4 Å². The molecule has 10 nitrogen and oxygen atoms in total. The maximum Gasteiger partial charge on any atom is 0.407 e. The lowest BCUT2D eigenvalue weighted by Gasteiger charge is -2.51. The number of nitro benzene ring substituents is 1. The van der Waals surface area contributed by atoms with E-state index in [1.54, 1.807) is 21.7 Å². The second-order valence-electron chi connectivity index (χ2n) is 11.8. The molecular formula is C33H34N4O6. The molecule has 2 N–H and O–H groups in total. The SMILES string of the molecule is CC(C)(C)C1[C@@H](Cc2ccccc2)N(C(=O)c2ccn(-c3cc(O)ccc3[N+](=O)[O-])c2-c2ccccc2)CCN1C(=O)O. The maximum absolute atomic E-state index is 14.6. The molecule has 0 bridgehead atoms. The summed E-state index contributed by atoms with van der Waals surface area (Å²) in [4.78, 5) is 41.7. The Labute approximate surface area is 249 Å². The molecule has 43 heavy (non-hydrogen) atoms. The minimum Gasteiger partial charge on any atom is -0.508 e. The van der Waals surface area contributed by atoms with Gasteiger partial charge in [-0.3, -0.25) is 14.9 Å².